The second-order valence-corrected chi connectivity index (χ2v) is 10.9. The van der Waals surface area contributed by atoms with E-state index in [-0.39, 0.29) is 12.2 Å². The Kier molecular flexibility index (Phi) is 8.48. The van der Waals surface area contributed by atoms with Crippen LogP contribution in [0.5, 0.6) is 11.5 Å². The molecule has 0 aliphatic carbocycles. The molecule has 3 aromatic rings. The third kappa shape index (κ3) is 5.35. The molecule has 0 radical (unpaired) electrons. The number of allylic oxidation sites excluding steroid dienone is 1. The maximum Gasteiger partial charge on any atom is 0.338 e. The van der Waals surface area contributed by atoms with Gasteiger partial charge in [-0.15, -0.1) is 0 Å². The molecule has 0 N–H and O–H groups in total. The molecule has 12 heteroatoms. The van der Waals surface area contributed by atoms with E-state index >= 15 is 0 Å². The number of methoxy groups -OCH3 is 1. The van der Waals surface area contributed by atoms with Crippen LogP contribution in [0.3, 0.4) is 0 Å². The second kappa shape index (κ2) is 12.0. The number of furan rings is 1. The number of aromatic nitrogens is 1. The van der Waals surface area contributed by atoms with E-state index in [0.29, 0.717) is 69.1 Å². The minimum absolute atomic E-state index is 0.193. The molecule has 2 aromatic heterocycles. The zero-order valence-corrected chi connectivity index (χ0v) is 25.1. The monoisotopic (exact) mass is 631 g/mol. The van der Waals surface area contributed by atoms with Gasteiger partial charge in [0.05, 0.1) is 59.9 Å². The number of ether oxygens (including phenoxy) is 4. The van der Waals surface area contributed by atoms with Gasteiger partial charge in [0.25, 0.3) is 5.56 Å². The van der Waals surface area contributed by atoms with E-state index in [1.807, 2.05) is 19.1 Å². The van der Waals surface area contributed by atoms with Gasteiger partial charge in [-0.05, 0) is 54.4 Å². The normalized spacial score (nSPS) is 17.5. The molecule has 0 bridgehead atoms. The molecule has 0 spiro atoms. The Balaban J connectivity index is 1.65. The van der Waals surface area contributed by atoms with Crippen LogP contribution in [0.25, 0.3) is 6.08 Å². The largest absolute Gasteiger partial charge is 0.493 e. The van der Waals surface area contributed by atoms with Crippen molar-refractivity contribution in [3.05, 3.63) is 71.0 Å². The first-order chi connectivity index (χ1) is 19.4. The fourth-order valence-electron chi connectivity index (χ4n) is 4.80. The Labute approximate surface area is 243 Å². The summed E-state index contributed by atoms with van der Waals surface area (Å²) in [4.78, 5) is 34.3. The van der Waals surface area contributed by atoms with Crippen molar-refractivity contribution in [2.45, 2.75) is 26.8 Å². The summed E-state index contributed by atoms with van der Waals surface area (Å²) in [5.41, 5.74) is 1.16. The fourth-order valence-corrected chi connectivity index (χ4v) is 6.38. The summed E-state index contributed by atoms with van der Waals surface area (Å²) in [6.07, 6.45) is 1.71. The van der Waals surface area contributed by atoms with Gasteiger partial charge in [0, 0.05) is 25.2 Å². The molecule has 40 heavy (non-hydrogen) atoms. The molecule has 5 rings (SSSR count). The van der Waals surface area contributed by atoms with Gasteiger partial charge in [0.15, 0.2) is 16.3 Å². The number of thiazole rings is 1. The summed E-state index contributed by atoms with van der Waals surface area (Å²) in [5, 5.41) is 0. The van der Waals surface area contributed by atoms with E-state index < -0.39 is 12.0 Å². The van der Waals surface area contributed by atoms with Crippen molar-refractivity contribution in [1.82, 2.24) is 4.57 Å². The number of hydrogen-bond acceptors (Lipinski definition) is 10. The highest BCUT2D eigenvalue weighted by atomic mass is 79.9. The van der Waals surface area contributed by atoms with Crippen molar-refractivity contribution in [2.24, 2.45) is 4.99 Å². The highest BCUT2D eigenvalue weighted by molar-refractivity contribution is 9.10. The van der Waals surface area contributed by atoms with Crippen LogP contribution in [-0.4, -0.2) is 57.2 Å². The number of rotatable bonds is 8. The number of benzene rings is 1. The minimum atomic E-state index is -0.769. The lowest BCUT2D eigenvalue weighted by molar-refractivity contribution is -0.139. The Morgan fingerprint density at radius 3 is 2.67 bits per heavy atom. The Bertz CT molecular complexity index is 1630. The smallest absolute Gasteiger partial charge is 0.338 e. The van der Waals surface area contributed by atoms with Gasteiger partial charge in [0.1, 0.15) is 5.76 Å². The molecule has 4 heterocycles. The van der Waals surface area contributed by atoms with Gasteiger partial charge >= 0.3 is 5.97 Å². The van der Waals surface area contributed by atoms with Gasteiger partial charge in [-0.2, -0.15) is 0 Å². The fraction of sp³-hybridized carbons (Fsp3) is 0.393. The zero-order chi connectivity index (χ0) is 28.4. The number of anilines is 1. The van der Waals surface area contributed by atoms with E-state index in [4.69, 9.17) is 23.4 Å². The van der Waals surface area contributed by atoms with E-state index in [0.717, 1.165) is 17.6 Å². The van der Waals surface area contributed by atoms with Crippen LogP contribution in [0.4, 0.5) is 5.88 Å². The molecule has 0 saturated carbocycles. The number of nitrogens with zero attached hydrogens (tertiary/aromatic N) is 3. The first-order valence-corrected chi connectivity index (χ1v) is 14.6. The quantitative estimate of drug-likeness (QED) is 0.349. The van der Waals surface area contributed by atoms with Crippen LogP contribution < -0.4 is 29.3 Å². The van der Waals surface area contributed by atoms with E-state index in [1.54, 1.807) is 39.2 Å². The molecule has 2 aliphatic rings. The molecular weight excluding hydrogens is 602 g/mol. The van der Waals surface area contributed by atoms with Crippen molar-refractivity contribution < 1.29 is 28.2 Å². The molecule has 10 nitrogen and oxygen atoms in total. The molecular formula is C28H30BrN3O7S. The number of morpholine rings is 1. The van der Waals surface area contributed by atoms with Crippen molar-refractivity contribution in [2.75, 3.05) is 51.5 Å². The van der Waals surface area contributed by atoms with E-state index in [9.17, 15) is 9.59 Å². The number of hydrogen-bond donors (Lipinski definition) is 0. The molecule has 1 saturated heterocycles. The molecule has 1 atom stereocenters. The van der Waals surface area contributed by atoms with E-state index in [2.05, 4.69) is 25.8 Å². The van der Waals surface area contributed by atoms with E-state index in [1.165, 1.54) is 15.9 Å². The lowest BCUT2D eigenvalue weighted by Crippen LogP contribution is -2.40. The molecule has 0 unspecified atom stereocenters. The average molecular weight is 633 g/mol. The van der Waals surface area contributed by atoms with Crippen LogP contribution in [0.1, 0.15) is 38.1 Å². The summed E-state index contributed by atoms with van der Waals surface area (Å²) < 4.78 is 31.0. The third-order valence-corrected chi connectivity index (χ3v) is 8.13. The molecule has 2 aliphatic heterocycles. The van der Waals surface area contributed by atoms with Crippen LogP contribution in [0.15, 0.2) is 54.2 Å². The van der Waals surface area contributed by atoms with Gasteiger partial charge in [-0.25, -0.2) is 9.79 Å². The Hall–Kier alpha value is -3.35. The maximum absolute atomic E-state index is 13.9. The standard InChI is InChI=1S/C28H30BrN3O7S/c1-5-37-21-13-17(7-8-20(21)35-4)24-23(27(34)38-6-2)16(3)30-28-32(24)25(33)22(40-28)15-18-14-19(29)26(39-18)31-9-11-36-12-10-31/h7-8,13-15,24H,5-6,9-12H2,1-4H3/b22-15+/t24-/m1/s1. The summed E-state index contributed by atoms with van der Waals surface area (Å²) in [7, 11) is 1.56. The predicted octanol–water partition coefficient (Wildman–Crippen LogP) is 3.40. The lowest BCUT2D eigenvalue weighted by Gasteiger charge is -2.26. The lowest BCUT2D eigenvalue weighted by atomic mass is 9.95. The first-order valence-electron chi connectivity index (χ1n) is 13.0. The van der Waals surface area contributed by atoms with Crippen molar-refractivity contribution >= 4 is 45.2 Å². The highest BCUT2D eigenvalue weighted by Gasteiger charge is 2.34. The first kappa shape index (κ1) is 28.2. The van der Waals surface area contributed by atoms with Gasteiger partial charge < -0.3 is 28.3 Å². The van der Waals surface area contributed by atoms with Crippen molar-refractivity contribution in [1.29, 1.82) is 0 Å². The summed E-state index contributed by atoms with van der Waals surface area (Å²) in [6.45, 7) is 8.67. The van der Waals surface area contributed by atoms with Gasteiger partial charge in [0.2, 0.25) is 5.88 Å². The predicted molar refractivity (Wildman–Crippen MR) is 154 cm³/mol. The Morgan fingerprint density at radius 2 is 1.98 bits per heavy atom. The second-order valence-electron chi connectivity index (χ2n) is 9.05. The molecule has 1 fully saturated rings. The topological polar surface area (TPSA) is 105 Å². The number of carbonyl (C=O) groups excluding carboxylic acids is 1. The van der Waals surface area contributed by atoms with Crippen molar-refractivity contribution in [3.8, 4) is 11.5 Å². The highest BCUT2D eigenvalue weighted by Crippen LogP contribution is 2.36. The number of carbonyl (C=O) groups is 1. The van der Waals surface area contributed by atoms with Crippen LogP contribution in [0.2, 0.25) is 0 Å². The van der Waals surface area contributed by atoms with Crippen LogP contribution in [0, 0.1) is 0 Å². The average Bonchev–Trinajstić information content (AvgIpc) is 3.46. The zero-order valence-electron chi connectivity index (χ0n) is 22.7. The Morgan fingerprint density at radius 1 is 1.20 bits per heavy atom. The number of halogens is 1. The van der Waals surface area contributed by atoms with Gasteiger partial charge in [-0.3, -0.25) is 9.36 Å². The SMILES string of the molecule is CCOC(=O)C1=C(C)N=c2s/c(=C/c3cc(Br)c(N4CCOCC4)o3)c(=O)n2[C@@H]1c1ccc(OC)c(OCC)c1. The van der Waals surface area contributed by atoms with Gasteiger partial charge in [-0.1, -0.05) is 17.4 Å². The number of esters is 1. The van der Waals surface area contributed by atoms with Crippen molar-refractivity contribution in [3.63, 3.8) is 0 Å². The summed E-state index contributed by atoms with van der Waals surface area (Å²) >= 11 is 4.82. The summed E-state index contributed by atoms with van der Waals surface area (Å²) in [5.74, 6) is 1.76. The number of fused-ring (bicyclic) bond motifs is 1. The van der Waals surface area contributed by atoms with Crippen LogP contribution in [-0.2, 0) is 14.3 Å². The molecule has 1 aromatic carbocycles. The molecule has 212 valence electrons. The molecule has 0 amide bonds. The summed E-state index contributed by atoms with van der Waals surface area (Å²) in [6, 6.07) is 6.45. The third-order valence-electron chi connectivity index (χ3n) is 6.58. The van der Waals surface area contributed by atoms with Crippen LogP contribution >= 0.6 is 27.3 Å². The maximum atomic E-state index is 13.9. The minimum Gasteiger partial charge on any atom is -0.493 e.